The highest BCUT2D eigenvalue weighted by molar-refractivity contribution is 14.0. The molecule has 0 unspecified atom stereocenters. The second kappa shape index (κ2) is 17.5. The minimum absolute atomic E-state index is 0. The van der Waals surface area contributed by atoms with Gasteiger partial charge in [0.2, 0.25) is 0 Å². The molecule has 0 amide bonds. The summed E-state index contributed by atoms with van der Waals surface area (Å²) in [6, 6.07) is 4.28. The highest BCUT2D eigenvalue weighted by Gasteiger charge is 2.10. The number of pyridine rings is 1. The van der Waals surface area contributed by atoms with E-state index < -0.39 is 0 Å². The first-order valence-electron chi connectivity index (χ1n) is 11.1. The Kier molecular flexibility index (Phi) is 15.7. The molecule has 1 aromatic heterocycles. The van der Waals surface area contributed by atoms with Crippen LogP contribution in [0, 0.1) is 0 Å². The van der Waals surface area contributed by atoms with Gasteiger partial charge in [0.25, 0.3) is 0 Å². The Labute approximate surface area is 199 Å². The van der Waals surface area contributed by atoms with Crippen LogP contribution in [0.5, 0.6) is 0 Å². The van der Waals surface area contributed by atoms with Crippen LogP contribution < -0.4 is 15.5 Å². The van der Waals surface area contributed by atoms with Gasteiger partial charge in [-0.25, -0.2) is 4.98 Å². The molecule has 0 saturated carbocycles. The summed E-state index contributed by atoms with van der Waals surface area (Å²) in [5.74, 6) is 1.86. The van der Waals surface area contributed by atoms with Gasteiger partial charge in [-0.3, -0.25) is 4.99 Å². The average molecular weight is 533 g/mol. The molecule has 0 atom stereocenters. The molecule has 0 radical (unpaired) electrons. The number of unbranched alkanes of at least 4 members (excludes halogenated alkanes) is 1. The van der Waals surface area contributed by atoms with Gasteiger partial charge < -0.3 is 25.0 Å². The lowest BCUT2D eigenvalue weighted by Gasteiger charge is -2.21. The summed E-state index contributed by atoms with van der Waals surface area (Å²) in [5, 5.41) is 6.59. The Hall–Kier alpha value is -1.13. The summed E-state index contributed by atoms with van der Waals surface area (Å²) in [6.45, 7) is 8.54. The average Bonchev–Trinajstić information content (AvgIpc) is 3.04. The maximum Gasteiger partial charge on any atom is 0.191 e. The number of guanidine groups is 1. The molecule has 172 valence electrons. The maximum atomic E-state index is 5.57. The molecule has 1 aliphatic heterocycles. The molecule has 2 N–H and O–H groups in total. The van der Waals surface area contributed by atoms with Crippen molar-refractivity contribution in [1.82, 2.24) is 15.6 Å². The van der Waals surface area contributed by atoms with Gasteiger partial charge in [0.15, 0.2) is 5.96 Å². The van der Waals surface area contributed by atoms with Crippen LogP contribution in [0.15, 0.2) is 23.3 Å². The minimum Gasteiger partial charge on any atom is -0.379 e. The Morgan fingerprint density at radius 1 is 1.03 bits per heavy atom. The number of nitrogens with zero attached hydrogens (tertiary/aromatic N) is 3. The first-order valence-corrected chi connectivity index (χ1v) is 11.1. The molecule has 0 aliphatic carbocycles. The molecule has 0 spiro atoms. The highest BCUT2D eigenvalue weighted by atomic mass is 127. The van der Waals surface area contributed by atoms with Crippen molar-refractivity contribution in [3.63, 3.8) is 0 Å². The monoisotopic (exact) mass is 533 g/mol. The number of hydrogen-bond donors (Lipinski definition) is 2. The molecular formula is C22H40IN5O2. The number of aliphatic imine (C=N–C) groups is 1. The normalized spacial score (nSPS) is 14.7. The maximum absolute atomic E-state index is 5.57. The summed E-state index contributed by atoms with van der Waals surface area (Å²) in [7, 11) is 1.78. The smallest absolute Gasteiger partial charge is 0.191 e. The molecule has 1 aliphatic rings. The van der Waals surface area contributed by atoms with Gasteiger partial charge in [-0.05, 0) is 30.9 Å². The third-order valence-electron chi connectivity index (χ3n) is 4.98. The van der Waals surface area contributed by atoms with E-state index in [1.54, 1.807) is 7.05 Å². The van der Waals surface area contributed by atoms with Crippen LogP contribution in [-0.4, -0.2) is 64.1 Å². The van der Waals surface area contributed by atoms with E-state index in [-0.39, 0.29) is 24.0 Å². The van der Waals surface area contributed by atoms with Crippen molar-refractivity contribution in [2.75, 3.05) is 58.0 Å². The standard InChI is InChI=1S/C22H39N5O2.HI/c1-3-4-14-28-16-17-29-15-11-24-22(23-2)26-19-20-9-10-21(25-18-20)27-12-7-5-6-8-13-27;/h9-10,18H,3-8,11-17,19H2,1-2H3,(H2,23,24,26);1H. The fourth-order valence-electron chi connectivity index (χ4n) is 3.22. The fraction of sp³-hybridized carbons (Fsp3) is 0.727. The minimum atomic E-state index is 0. The molecule has 0 bridgehead atoms. The molecule has 2 rings (SSSR count). The van der Waals surface area contributed by atoms with Crippen molar-refractivity contribution >= 4 is 35.8 Å². The van der Waals surface area contributed by atoms with Crippen molar-refractivity contribution < 1.29 is 9.47 Å². The number of hydrogen-bond acceptors (Lipinski definition) is 5. The zero-order valence-electron chi connectivity index (χ0n) is 18.7. The number of halogens is 1. The summed E-state index contributed by atoms with van der Waals surface area (Å²) in [6.07, 6.45) is 9.44. The van der Waals surface area contributed by atoms with Crippen molar-refractivity contribution in [3.05, 3.63) is 23.9 Å². The summed E-state index contributed by atoms with van der Waals surface area (Å²) < 4.78 is 11.0. The summed E-state index contributed by atoms with van der Waals surface area (Å²) >= 11 is 0. The molecule has 30 heavy (non-hydrogen) atoms. The van der Waals surface area contributed by atoms with Gasteiger partial charge in [-0.15, -0.1) is 24.0 Å². The zero-order chi connectivity index (χ0) is 20.6. The van der Waals surface area contributed by atoms with E-state index in [9.17, 15) is 0 Å². The highest BCUT2D eigenvalue weighted by Crippen LogP contribution is 2.17. The van der Waals surface area contributed by atoms with Gasteiger partial charge in [0, 0.05) is 46.0 Å². The lowest BCUT2D eigenvalue weighted by Crippen LogP contribution is -2.38. The van der Waals surface area contributed by atoms with Crippen LogP contribution >= 0.6 is 24.0 Å². The van der Waals surface area contributed by atoms with Crippen LogP contribution in [0.25, 0.3) is 0 Å². The summed E-state index contributed by atoms with van der Waals surface area (Å²) in [4.78, 5) is 11.3. The predicted molar refractivity (Wildman–Crippen MR) is 135 cm³/mol. The van der Waals surface area contributed by atoms with Crippen LogP contribution in [0.2, 0.25) is 0 Å². The van der Waals surface area contributed by atoms with E-state index in [0.717, 1.165) is 49.9 Å². The largest absolute Gasteiger partial charge is 0.379 e. The molecule has 1 saturated heterocycles. The Bertz CT molecular complexity index is 563. The van der Waals surface area contributed by atoms with Gasteiger partial charge in [-0.2, -0.15) is 0 Å². The zero-order valence-corrected chi connectivity index (χ0v) is 21.0. The second-order valence-electron chi connectivity index (χ2n) is 7.36. The van der Waals surface area contributed by atoms with Crippen molar-refractivity contribution in [2.45, 2.75) is 52.0 Å². The van der Waals surface area contributed by atoms with E-state index >= 15 is 0 Å². The van der Waals surface area contributed by atoms with Crippen molar-refractivity contribution in [2.24, 2.45) is 4.99 Å². The van der Waals surface area contributed by atoms with Crippen LogP contribution in [0.3, 0.4) is 0 Å². The molecule has 8 heteroatoms. The number of aromatic nitrogens is 1. The van der Waals surface area contributed by atoms with E-state index in [4.69, 9.17) is 9.47 Å². The van der Waals surface area contributed by atoms with E-state index in [0.29, 0.717) is 32.9 Å². The molecule has 7 nitrogen and oxygen atoms in total. The first-order chi connectivity index (χ1) is 14.3. The number of rotatable bonds is 12. The van der Waals surface area contributed by atoms with Crippen LogP contribution in [0.1, 0.15) is 51.0 Å². The van der Waals surface area contributed by atoms with Crippen LogP contribution in [-0.2, 0) is 16.0 Å². The van der Waals surface area contributed by atoms with Gasteiger partial charge in [-0.1, -0.05) is 32.3 Å². The predicted octanol–water partition coefficient (Wildman–Crippen LogP) is 3.58. The quantitative estimate of drug-likeness (QED) is 0.185. The molecular weight excluding hydrogens is 493 g/mol. The first kappa shape index (κ1) is 26.9. The van der Waals surface area contributed by atoms with Gasteiger partial charge >= 0.3 is 0 Å². The SMILES string of the molecule is CCCCOCCOCCNC(=NC)NCc1ccc(N2CCCCCC2)nc1.I. The Morgan fingerprint density at radius 3 is 2.40 bits per heavy atom. The van der Waals surface area contributed by atoms with E-state index in [1.807, 2.05) is 6.20 Å². The molecule has 2 heterocycles. The second-order valence-corrected chi connectivity index (χ2v) is 7.36. The van der Waals surface area contributed by atoms with Crippen LogP contribution in [0.4, 0.5) is 5.82 Å². The van der Waals surface area contributed by atoms with E-state index in [2.05, 4.69) is 44.6 Å². The lowest BCUT2D eigenvalue weighted by molar-refractivity contribution is 0.0487. The Morgan fingerprint density at radius 2 is 1.77 bits per heavy atom. The topological polar surface area (TPSA) is 71.0 Å². The molecule has 1 fully saturated rings. The summed E-state index contributed by atoms with van der Waals surface area (Å²) in [5.41, 5.74) is 1.15. The number of anilines is 1. The third-order valence-corrected chi connectivity index (χ3v) is 4.98. The Balaban J connectivity index is 0.00000450. The van der Waals surface area contributed by atoms with E-state index in [1.165, 1.54) is 25.7 Å². The lowest BCUT2D eigenvalue weighted by atomic mass is 10.2. The van der Waals surface area contributed by atoms with Crippen molar-refractivity contribution in [1.29, 1.82) is 0 Å². The fourth-order valence-corrected chi connectivity index (χ4v) is 3.22. The van der Waals surface area contributed by atoms with Gasteiger partial charge in [0.1, 0.15) is 5.82 Å². The molecule has 0 aromatic carbocycles. The molecule has 1 aromatic rings. The third kappa shape index (κ3) is 11.3. The van der Waals surface area contributed by atoms with Gasteiger partial charge in [0.05, 0.1) is 19.8 Å². The number of nitrogens with one attached hydrogen (secondary N) is 2. The number of ether oxygens (including phenoxy) is 2. The van der Waals surface area contributed by atoms with Crippen molar-refractivity contribution in [3.8, 4) is 0 Å².